The average molecular weight is 265 g/mol. The van der Waals surface area contributed by atoms with Crippen LogP contribution in [0.2, 0.25) is 0 Å². The molecule has 0 saturated heterocycles. The molecule has 3 nitrogen and oxygen atoms in total. The highest BCUT2D eigenvalue weighted by Crippen LogP contribution is 2.36. The molecular weight excluding hydrogens is 242 g/mol. The Labute approximate surface area is 114 Å². The fraction of sp³-hybridized carbons (Fsp3) is 0.714. The third kappa shape index (κ3) is 3.37. The SMILES string of the molecule is CCCc1c(NCC)ncnc1SC1CCCC1. The summed E-state index contributed by atoms with van der Waals surface area (Å²) in [5.74, 6) is 1.04. The van der Waals surface area contributed by atoms with Crippen molar-refractivity contribution in [3.63, 3.8) is 0 Å². The maximum atomic E-state index is 4.52. The highest BCUT2D eigenvalue weighted by atomic mass is 32.2. The smallest absolute Gasteiger partial charge is 0.133 e. The quantitative estimate of drug-likeness (QED) is 0.792. The summed E-state index contributed by atoms with van der Waals surface area (Å²) >= 11 is 1.97. The first-order chi connectivity index (χ1) is 8.85. The first kappa shape index (κ1) is 13.7. The summed E-state index contributed by atoms with van der Waals surface area (Å²) in [5, 5.41) is 5.33. The monoisotopic (exact) mass is 265 g/mol. The predicted octanol–water partition coefficient (Wildman–Crippen LogP) is 3.90. The van der Waals surface area contributed by atoms with Crippen molar-refractivity contribution in [3.8, 4) is 0 Å². The Hall–Kier alpha value is -0.770. The molecule has 0 aliphatic heterocycles. The molecule has 1 aromatic heterocycles. The average Bonchev–Trinajstić information content (AvgIpc) is 2.86. The van der Waals surface area contributed by atoms with Gasteiger partial charge < -0.3 is 5.32 Å². The van der Waals surface area contributed by atoms with Gasteiger partial charge in [0, 0.05) is 17.4 Å². The van der Waals surface area contributed by atoms with Crippen molar-refractivity contribution in [1.82, 2.24) is 9.97 Å². The van der Waals surface area contributed by atoms with Gasteiger partial charge in [-0.05, 0) is 26.2 Å². The molecule has 1 N–H and O–H groups in total. The maximum absolute atomic E-state index is 4.52. The van der Waals surface area contributed by atoms with Crippen LogP contribution in [0.25, 0.3) is 0 Å². The molecule has 0 aromatic carbocycles. The van der Waals surface area contributed by atoms with Gasteiger partial charge in [-0.25, -0.2) is 9.97 Å². The summed E-state index contributed by atoms with van der Waals surface area (Å²) in [6, 6.07) is 0. The van der Waals surface area contributed by atoms with E-state index in [2.05, 4.69) is 29.1 Å². The Bertz CT molecular complexity index is 375. The number of nitrogens with one attached hydrogen (secondary N) is 1. The first-order valence-electron chi connectivity index (χ1n) is 7.09. The van der Waals surface area contributed by atoms with Gasteiger partial charge in [0.2, 0.25) is 0 Å². The molecule has 2 rings (SSSR count). The molecule has 0 bridgehead atoms. The van der Waals surface area contributed by atoms with E-state index in [0.29, 0.717) is 0 Å². The molecular formula is C14H23N3S. The number of rotatable bonds is 6. The van der Waals surface area contributed by atoms with Crippen LogP contribution in [0.5, 0.6) is 0 Å². The highest BCUT2D eigenvalue weighted by molar-refractivity contribution is 7.99. The van der Waals surface area contributed by atoms with E-state index in [4.69, 9.17) is 0 Å². The second kappa shape index (κ2) is 6.98. The van der Waals surface area contributed by atoms with E-state index in [9.17, 15) is 0 Å². The molecule has 1 heterocycles. The summed E-state index contributed by atoms with van der Waals surface area (Å²) in [6.07, 6.45) is 9.36. The van der Waals surface area contributed by atoms with Crippen molar-refractivity contribution in [3.05, 3.63) is 11.9 Å². The summed E-state index contributed by atoms with van der Waals surface area (Å²) in [6.45, 7) is 5.25. The van der Waals surface area contributed by atoms with Crippen molar-refractivity contribution < 1.29 is 0 Å². The van der Waals surface area contributed by atoms with Gasteiger partial charge in [0.1, 0.15) is 17.2 Å². The predicted molar refractivity (Wildman–Crippen MR) is 78.3 cm³/mol. The number of anilines is 1. The van der Waals surface area contributed by atoms with Crippen LogP contribution >= 0.6 is 11.8 Å². The minimum absolute atomic E-state index is 0.769. The van der Waals surface area contributed by atoms with Crippen molar-refractivity contribution in [2.24, 2.45) is 0 Å². The molecule has 0 amide bonds. The minimum atomic E-state index is 0.769. The Kier molecular flexibility index (Phi) is 5.29. The van der Waals surface area contributed by atoms with Crippen LogP contribution in [0.15, 0.2) is 11.4 Å². The van der Waals surface area contributed by atoms with E-state index in [-0.39, 0.29) is 0 Å². The standard InChI is InChI=1S/C14H23N3S/c1-3-7-12-13(15-4-2)16-10-17-14(12)18-11-8-5-6-9-11/h10-11H,3-9H2,1-2H3,(H,15,16,17). The van der Waals surface area contributed by atoms with Gasteiger partial charge in [-0.3, -0.25) is 0 Å². The van der Waals surface area contributed by atoms with E-state index in [0.717, 1.165) is 30.5 Å². The lowest BCUT2D eigenvalue weighted by molar-refractivity contribution is 0.845. The molecule has 0 atom stereocenters. The third-order valence-electron chi connectivity index (χ3n) is 3.33. The van der Waals surface area contributed by atoms with Crippen molar-refractivity contribution in [2.45, 2.75) is 62.6 Å². The maximum Gasteiger partial charge on any atom is 0.133 e. The molecule has 1 aliphatic rings. The Morgan fingerprint density at radius 1 is 1.28 bits per heavy atom. The number of thioether (sulfide) groups is 1. The van der Waals surface area contributed by atoms with Crippen LogP contribution < -0.4 is 5.32 Å². The molecule has 0 spiro atoms. The van der Waals surface area contributed by atoms with Crippen LogP contribution in [0, 0.1) is 0 Å². The Balaban J connectivity index is 2.17. The molecule has 1 aliphatic carbocycles. The molecule has 4 heteroatoms. The van der Waals surface area contributed by atoms with Crippen LogP contribution in [0.4, 0.5) is 5.82 Å². The highest BCUT2D eigenvalue weighted by Gasteiger charge is 2.19. The normalized spacial score (nSPS) is 16.1. The topological polar surface area (TPSA) is 37.8 Å². The molecule has 100 valence electrons. The van der Waals surface area contributed by atoms with Crippen molar-refractivity contribution >= 4 is 17.6 Å². The number of hydrogen-bond acceptors (Lipinski definition) is 4. The lowest BCUT2D eigenvalue weighted by Gasteiger charge is -2.15. The zero-order valence-electron chi connectivity index (χ0n) is 11.4. The van der Waals surface area contributed by atoms with E-state index in [1.54, 1.807) is 6.33 Å². The van der Waals surface area contributed by atoms with Crippen molar-refractivity contribution in [2.75, 3.05) is 11.9 Å². The van der Waals surface area contributed by atoms with Crippen LogP contribution in [-0.4, -0.2) is 21.8 Å². The Morgan fingerprint density at radius 2 is 2.06 bits per heavy atom. The zero-order valence-corrected chi connectivity index (χ0v) is 12.2. The fourth-order valence-corrected chi connectivity index (χ4v) is 3.79. The van der Waals surface area contributed by atoms with Gasteiger partial charge in [0.15, 0.2) is 0 Å². The molecule has 1 saturated carbocycles. The lowest BCUT2D eigenvalue weighted by atomic mass is 10.2. The Morgan fingerprint density at radius 3 is 2.72 bits per heavy atom. The van der Waals surface area contributed by atoms with Crippen LogP contribution in [-0.2, 0) is 6.42 Å². The zero-order chi connectivity index (χ0) is 12.8. The van der Waals surface area contributed by atoms with E-state index in [1.165, 1.54) is 36.3 Å². The summed E-state index contributed by atoms with van der Waals surface area (Å²) in [4.78, 5) is 8.90. The van der Waals surface area contributed by atoms with Gasteiger partial charge >= 0.3 is 0 Å². The fourth-order valence-electron chi connectivity index (χ4n) is 2.46. The van der Waals surface area contributed by atoms with Crippen LogP contribution in [0.1, 0.15) is 51.5 Å². The van der Waals surface area contributed by atoms with Crippen molar-refractivity contribution in [1.29, 1.82) is 0 Å². The number of nitrogens with zero attached hydrogens (tertiary/aromatic N) is 2. The third-order valence-corrected chi connectivity index (χ3v) is 4.71. The largest absolute Gasteiger partial charge is 0.370 e. The van der Waals surface area contributed by atoms with Gasteiger partial charge in [0.05, 0.1) is 0 Å². The minimum Gasteiger partial charge on any atom is -0.370 e. The lowest BCUT2D eigenvalue weighted by Crippen LogP contribution is -2.07. The van der Waals surface area contributed by atoms with Gasteiger partial charge in [-0.2, -0.15) is 0 Å². The first-order valence-corrected chi connectivity index (χ1v) is 7.97. The van der Waals surface area contributed by atoms with E-state index >= 15 is 0 Å². The van der Waals surface area contributed by atoms with Gasteiger partial charge in [0.25, 0.3) is 0 Å². The molecule has 0 unspecified atom stereocenters. The number of hydrogen-bond donors (Lipinski definition) is 1. The van der Waals surface area contributed by atoms with E-state index < -0.39 is 0 Å². The summed E-state index contributed by atoms with van der Waals surface area (Å²) in [7, 11) is 0. The second-order valence-corrected chi connectivity index (χ2v) is 6.10. The second-order valence-electron chi connectivity index (χ2n) is 4.81. The number of aromatic nitrogens is 2. The van der Waals surface area contributed by atoms with Gasteiger partial charge in [-0.1, -0.05) is 26.2 Å². The summed E-state index contributed by atoms with van der Waals surface area (Å²) in [5.41, 5.74) is 1.32. The molecule has 18 heavy (non-hydrogen) atoms. The van der Waals surface area contributed by atoms with Crippen LogP contribution in [0.3, 0.4) is 0 Å². The van der Waals surface area contributed by atoms with E-state index in [1.807, 2.05) is 11.8 Å². The molecule has 1 aromatic rings. The molecule has 0 radical (unpaired) electrons. The summed E-state index contributed by atoms with van der Waals surface area (Å²) < 4.78 is 0. The van der Waals surface area contributed by atoms with Gasteiger partial charge in [-0.15, -0.1) is 11.8 Å². The molecule has 1 fully saturated rings.